The number of fused-ring (bicyclic) bond motifs is 1. The summed E-state index contributed by atoms with van der Waals surface area (Å²) in [5.41, 5.74) is 2.82. The third kappa shape index (κ3) is 3.12. The van der Waals surface area contributed by atoms with Gasteiger partial charge in [-0.1, -0.05) is 23.5 Å². The third-order valence-electron chi connectivity index (χ3n) is 3.43. The van der Waals surface area contributed by atoms with E-state index in [0.717, 1.165) is 16.6 Å². The van der Waals surface area contributed by atoms with E-state index in [4.69, 9.17) is 0 Å². The maximum absolute atomic E-state index is 12.4. The second kappa shape index (κ2) is 5.89. The van der Waals surface area contributed by atoms with Crippen LogP contribution < -0.4 is 5.32 Å². The molecule has 3 rings (SSSR count). The number of nitrogens with one attached hydrogen (secondary N) is 1. The van der Waals surface area contributed by atoms with Crippen molar-refractivity contribution in [2.45, 2.75) is 20.8 Å². The molecule has 0 spiro atoms. The Morgan fingerprint density at radius 1 is 1.09 bits per heavy atom. The van der Waals surface area contributed by atoms with E-state index in [2.05, 4.69) is 15.3 Å². The van der Waals surface area contributed by atoms with E-state index in [1.165, 1.54) is 18.3 Å². The summed E-state index contributed by atoms with van der Waals surface area (Å²) in [5, 5.41) is 4.15. The van der Waals surface area contributed by atoms with Gasteiger partial charge in [0.25, 0.3) is 5.91 Å². The van der Waals surface area contributed by atoms with Crippen LogP contribution >= 0.6 is 11.3 Å². The van der Waals surface area contributed by atoms with E-state index in [1.54, 1.807) is 19.1 Å². The number of Topliss-reactive ketones (excluding diaryl/α,β-unsaturated/α-hetero) is 1. The molecule has 0 fully saturated rings. The van der Waals surface area contributed by atoms with Crippen molar-refractivity contribution in [2.24, 2.45) is 0 Å². The topological polar surface area (TPSA) is 72.0 Å². The van der Waals surface area contributed by atoms with Crippen LogP contribution in [0.3, 0.4) is 0 Å². The molecule has 116 valence electrons. The molecule has 23 heavy (non-hydrogen) atoms. The molecule has 0 aliphatic rings. The quantitative estimate of drug-likeness (QED) is 0.744. The molecule has 5 nitrogen and oxygen atoms in total. The minimum absolute atomic E-state index is 0.0501. The maximum Gasteiger partial charge on any atom is 0.257 e. The lowest BCUT2D eigenvalue weighted by molar-refractivity contribution is 0.101. The van der Waals surface area contributed by atoms with E-state index in [-0.39, 0.29) is 11.7 Å². The largest absolute Gasteiger partial charge is 0.298 e. The summed E-state index contributed by atoms with van der Waals surface area (Å²) in [6, 6.07) is 9.28. The molecular formula is C17H15N3O2S. The van der Waals surface area contributed by atoms with E-state index >= 15 is 0 Å². The van der Waals surface area contributed by atoms with Crippen molar-refractivity contribution in [3.8, 4) is 0 Å². The van der Waals surface area contributed by atoms with Crippen LogP contribution in [0.2, 0.25) is 0 Å². The fourth-order valence-corrected chi connectivity index (χ4v) is 3.16. The second-order valence-corrected chi connectivity index (χ2v) is 6.30. The van der Waals surface area contributed by atoms with E-state index in [0.29, 0.717) is 21.3 Å². The molecule has 0 unspecified atom stereocenters. The van der Waals surface area contributed by atoms with E-state index in [9.17, 15) is 9.59 Å². The number of amides is 1. The Balaban J connectivity index is 1.88. The first-order valence-electron chi connectivity index (χ1n) is 7.11. The van der Waals surface area contributed by atoms with Crippen molar-refractivity contribution < 1.29 is 9.59 Å². The number of aromatic nitrogens is 2. The molecule has 2 heterocycles. The summed E-state index contributed by atoms with van der Waals surface area (Å²) in [6.07, 6.45) is 0. The van der Waals surface area contributed by atoms with Crippen LogP contribution in [0.15, 0.2) is 30.3 Å². The summed E-state index contributed by atoms with van der Waals surface area (Å²) in [4.78, 5) is 33.1. The summed E-state index contributed by atoms with van der Waals surface area (Å²) in [5.74, 6) is -0.315. The van der Waals surface area contributed by atoms with Gasteiger partial charge in [0, 0.05) is 23.6 Å². The van der Waals surface area contributed by atoms with Gasteiger partial charge in [-0.15, -0.1) is 0 Å². The number of hydrogen-bond acceptors (Lipinski definition) is 5. The monoisotopic (exact) mass is 325 g/mol. The number of carbonyl (C=O) groups excluding carboxylic acids is 2. The van der Waals surface area contributed by atoms with Crippen molar-refractivity contribution >= 4 is 39.1 Å². The van der Waals surface area contributed by atoms with Gasteiger partial charge in [0.05, 0.1) is 16.1 Å². The van der Waals surface area contributed by atoms with Crippen LogP contribution in [0.25, 0.3) is 10.9 Å². The standard InChI is InChI=1S/C17H15N3O2S/c1-9-4-5-12-6-7-13(8-14(12)18-9)16(22)20-17-19-10(2)15(23-17)11(3)21/h4-8H,1-3H3,(H,19,20,22). The Kier molecular flexibility index (Phi) is 3.92. The van der Waals surface area contributed by atoms with Gasteiger partial charge in [-0.05, 0) is 32.0 Å². The van der Waals surface area contributed by atoms with Gasteiger partial charge in [-0.3, -0.25) is 19.9 Å². The van der Waals surface area contributed by atoms with Crippen LogP contribution in [-0.2, 0) is 0 Å². The Morgan fingerprint density at radius 2 is 1.83 bits per heavy atom. The molecule has 0 atom stereocenters. The van der Waals surface area contributed by atoms with Crippen molar-refractivity contribution in [2.75, 3.05) is 5.32 Å². The van der Waals surface area contributed by atoms with Gasteiger partial charge in [0.1, 0.15) is 0 Å². The first kappa shape index (κ1) is 15.3. The van der Waals surface area contributed by atoms with Gasteiger partial charge in [-0.25, -0.2) is 4.98 Å². The van der Waals surface area contributed by atoms with Crippen LogP contribution in [-0.4, -0.2) is 21.7 Å². The Morgan fingerprint density at radius 3 is 2.52 bits per heavy atom. The number of thiazole rings is 1. The molecule has 0 saturated heterocycles. The average molecular weight is 325 g/mol. The molecule has 6 heteroatoms. The highest BCUT2D eigenvalue weighted by molar-refractivity contribution is 7.17. The molecule has 2 aromatic heterocycles. The summed E-state index contributed by atoms with van der Waals surface area (Å²) in [7, 11) is 0. The average Bonchev–Trinajstić information content (AvgIpc) is 2.87. The second-order valence-electron chi connectivity index (χ2n) is 5.30. The van der Waals surface area contributed by atoms with Crippen LogP contribution in [0.5, 0.6) is 0 Å². The zero-order chi connectivity index (χ0) is 16.6. The van der Waals surface area contributed by atoms with Crippen LogP contribution in [0.4, 0.5) is 5.13 Å². The molecule has 0 radical (unpaired) electrons. The lowest BCUT2D eigenvalue weighted by Crippen LogP contribution is -2.11. The number of nitrogens with zero attached hydrogens (tertiary/aromatic N) is 2. The van der Waals surface area contributed by atoms with Crippen LogP contribution in [0, 0.1) is 13.8 Å². The normalized spacial score (nSPS) is 10.7. The molecular weight excluding hydrogens is 310 g/mol. The van der Waals surface area contributed by atoms with Gasteiger partial charge in [0.15, 0.2) is 10.9 Å². The molecule has 1 amide bonds. The molecule has 1 N–H and O–H groups in total. The molecule has 3 aromatic rings. The molecule has 0 saturated carbocycles. The SMILES string of the molecule is CC(=O)c1sc(NC(=O)c2ccc3ccc(C)nc3c2)nc1C. The van der Waals surface area contributed by atoms with Gasteiger partial charge < -0.3 is 0 Å². The van der Waals surface area contributed by atoms with Crippen molar-refractivity contribution in [3.63, 3.8) is 0 Å². The predicted molar refractivity (Wildman–Crippen MR) is 91.3 cm³/mol. The number of pyridine rings is 1. The van der Waals surface area contributed by atoms with E-state index in [1.807, 2.05) is 25.1 Å². The molecule has 0 bridgehead atoms. The predicted octanol–water partition coefficient (Wildman–Crippen LogP) is 3.76. The summed E-state index contributed by atoms with van der Waals surface area (Å²) < 4.78 is 0. The zero-order valence-corrected chi connectivity index (χ0v) is 13.8. The third-order valence-corrected chi connectivity index (χ3v) is 4.60. The highest BCUT2D eigenvalue weighted by Crippen LogP contribution is 2.24. The fraction of sp³-hybridized carbons (Fsp3) is 0.176. The molecule has 0 aliphatic carbocycles. The molecule has 0 aliphatic heterocycles. The Hall–Kier alpha value is -2.60. The van der Waals surface area contributed by atoms with Gasteiger partial charge in [0.2, 0.25) is 0 Å². The zero-order valence-electron chi connectivity index (χ0n) is 13.0. The van der Waals surface area contributed by atoms with Crippen molar-refractivity contribution in [1.82, 2.24) is 9.97 Å². The number of carbonyl (C=O) groups is 2. The lowest BCUT2D eigenvalue weighted by atomic mass is 10.1. The number of aryl methyl sites for hydroxylation is 2. The number of ketones is 1. The first-order chi connectivity index (χ1) is 10.9. The smallest absolute Gasteiger partial charge is 0.257 e. The highest BCUT2D eigenvalue weighted by Gasteiger charge is 2.14. The number of hydrogen-bond donors (Lipinski definition) is 1. The summed E-state index contributed by atoms with van der Waals surface area (Å²) >= 11 is 1.19. The van der Waals surface area contributed by atoms with Crippen molar-refractivity contribution in [1.29, 1.82) is 0 Å². The Labute approximate surface area is 137 Å². The van der Waals surface area contributed by atoms with Gasteiger partial charge >= 0.3 is 0 Å². The molecule has 1 aromatic carbocycles. The van der Waals surface area contributed by atoms with E-state index < -0.39 is 0 Å². The summed E-state index contributed by atoms with van der Waals surface area (Å²) in [6.45, 7) is 5.16. The maximum atomic E-state index is 12.4. The number of rotatable bonds is 3. The van der Waals surface area contributed by atoms with Crippen LogP contribution in [0.1, 0.15) is 38.3 Å². The van der Waals surface area contributed by atoms with Crippen molar-refractivity contribution in [3.05, 3.63) is 52.2 Å². The minimum atomic E-state index is -0.265. The number of anilines is 1. The van der Waals surface area contributed by atoms with Gasteiger partial charge in [-0.2, -0.15) is 0 Å². The minimum Gasteiger partial charge on any atom is -0.298 e. The fourth-order valence-electron chi connectivity index (χ4n) is 2.31. The lowest BCUT2D eigenvalue weighted by Gasteiger charge is -2.04. The Bertz CT molecular complexity index is 931. The first-order valence-corrected chi connectivity index (χ1v) is 7.93. The highest BCUT2D eigenvalue weighted by atomic mass is 32.1. The number of benzene rings is 1.